The number of ketones is 1. The highest BCUT2D eigenvalue weighted by Crippen LogP contribution is 2.28. The number of ether oxygens (including phenoxy) is 1. The summed E-state index contributed by atoms with van der Waals surface area (Å²) in [4.78, 5) is 14.9. The van der Waals surface area contributed by atoms with Crippen molar-refractivity contribution in [2.45, 2.75) is 25.9 Å². The summed E-state index contributed by atoms with van der Waals surface area (Å²) in [6, 6.07) is 16.5. The van der Waals surface area contributed by atoms with Crippen LogP contribution in [0.5, 0.6) is 5.75 Å². The summed E-state index contributed by atoms with van der Waals surface area (Å²) in [5.74, 6) is 1.68. The highest BCUT2D eigenvalue weighted by molar-refractivity contribution is 6.35. The second-order valence-corrected chi connectivity index (χ2v) is 8.30. The van der Waals surface area contributed by atoms with Gasteiger partial charge in [0, 0.05) is 29.4 Å². The Morgan fingerprint density at radius 1 is 1.00 bits per heavy atom. The third-order valence-electron chi connectivity index (χ3n) is 5.22. The number of allylic oxidation sites excluding steroid dienone is 1. The van der Waals surface area contributed by atoms with Crippen LogP contribution in [0.3, 0.4) is 0 Å². The number of furan rings is 1. The Kier molecular flexibility index (Phi) is 7.00. The second kappa shape index (κ2) is 10.1. The van der Waals surface area contributed by atoms with Crippen molar-refractivity contribution in [2.75, 3.05) is 18.0 Å². The summed E-state index contributed by atoms with van der Waals surface area (Å²) >= 11 is 12.0. The first-order valence-electron chi connectivity index (χ1n) is 10.3. The minimum atomic E-state index is -0.0626. The number of benzene rings is 2. The van der Waals surface area contributed by atoms with Crippen LogP contribution in [0.4, 0.5) is 5.69 Å². The van der Waals surface area contributed by atoms with Crippen molar-refractivity contribution in [3.8, 4) is 5.75 Å². The summed E-state index contributed by atoms with van der Waals surface area (Å²) in [6.45, 7) is 2.39. The Bertz CT molecular complexity index is 1070. The van der Waals surface area contributed by atoms with E-state index < -0.39 is 0 Å². The second-order valence-electron chi connectivity index (χ2n) is 7.46. The van der Waals surface area contributed by atoms with Gasteiger partial charge in [0.2, 0.25) is 0 Å². The minimum Gasteiger partial charge on any atom is -0.484 e. The molecule has 3 aromatic rings. The van der Waals surface area contributed by atoms with Gasteiger partial charge in [-0.25, -0.2) is 0 Å². The van der Waals surface area contributed by atoms with Crippen molar-refractivity contribution in [3.63, 3.8) is 0 Å². The van der Waals surface area contributed by atoms with Gasteiger partial charge in [0.05, 0.1) is 5.02 Å². The lowest BCUT2D eigenvalue weighted by Gasteiger charge is -2.28. The van der Waals surface area contributed by atoms with E-state index in [1.165, 1.54) is 31.0 Å². The van der Waals surface area contributed by atoms with Gasteiger partial charge in [-0.1, -0.05) is 23.2 Å². The number of carbonyl (C=O) groups excluding carboxylic acids is 1. The average Bonchev–Trinajstić information content (AvgIpc) is 3.25. The molecule has 4 rings (SSSR count). The Morgan fingerprint density at radius 3 is 2.52 bits per heavy atom. The molecule has 0 saturated carbocycles. The van der Waals surface area contributed by atoms with E-state index in [2.05, 4.69) is 4.90 Å². The molecule has 0 radical (unpaired) electrons. The van der Waals surface area contributed by atoms with Crippen molar-refractivity contribution in [3.05, 3.63) is 87.8 Å². The van der Waals surface area contributed by atoms with Crippen LogP contribution >= 0.6 is 23.2 Å². The highest BCUT2D eigenvalue weighted by atomic mass is 35.5. The molecule has 2 heterocycles. The van der Waals surface area contributed by atoms with Crippen LogP contribution in [-0.2, 0) is 6.61 Å². The molecule has 1 aliphatic rings. The van der Waals surface area contributed by atoms with E-state index in [1.54, 1.807) is 36.4 Å². The average molecular weight is 456 g/mol. The van der Waals surface area contributed by atoms with E-state index in [-0.39, 0.29) is 12.4 Å². The lowest BCUT2D eigenvalue weighted by atomic mass is 10.1. The number of hydrogen-bond acceptors (Lipinski definition) is 4. The van der Waals surface area contributed by atoms with Gasteiger partial charge in [-0.3, -0.25) is 4.79 Å². The van der Waals surface area contributed by atoms with Crippen molar-refractivity contribution in [1.82, 2.24) is 0 Å². The van der Waals surface area contributed by atoms with E-state index in [9.17, 15) is 4.79 Å². The molecular formula is C25H23Cl2NO3. The molecule has 1 aromatic heterocycles. The van der Waals surface area contributed by atoms with Gasteiger partial charge < -0.3 is 14.1 Å². The predicted molar refractivity (Wildman–Crippen MR) is 125 cm³/mol. The maximum atomic E-state index is 12.5. The molecule has 0 unspecified atom stereocenters. The first kappa shape index (κ1) is 21.5. The molecule has 4 nitrogen and oxygen atoms in total. The van der Waals surface area contributed by atoms with E-state index in [1.807, 2.05) is 24.3 Å². The molecule has 0 bridgehead atoms. The number of carbonyl (C=O) groups is 1. The molecule has 6 heteroatoms. The first-order chi connectivity index (χ1) is 15.1. The monoisotopic (exact) mass is 455 g/mol. The molecule has 2 aromatic carbocycles. The highest BCUT2D eigenvalue weighted by Gasteiger charge is 2.11. The van der Waals surface area contributed by atoms with Crippen LogP contribution in [0.25, 0.3) is 6.08 Å². The van der Waals surface area contributed by atoms with Gasteiger partial charge in [0.25, 0.3) is 0 Å². The van der Waals surface area contributed by atoms with Gasteiger partial charge >= 0.3 is 0 Å². The van der Waals surface area contributed by atoms with Crippen LogP contribution in [-0.4, -0.2) is 18.9 Å². The molecule has 0 amide bonds. The van der Waals surface area contributed by atoms with Crippen LogP contribution < -0.4 is 9.64 Å². The van der Waals surface area contributed by atoms with Crippen LogP contribution in [0.1, 0.15) is 41.1 Å². The minimum absolute atomic E-state index is 0.0626. The van der Waals surface area contributed by atoms with Crippen molar-refractivity contribution >= 4 is 40.7 Å². The van der Waals surface area contributed by atoms with E-state index >= 15 is 0 Å². The Labute approximate surface area is 192 Å². The van der Waals surface area contributed by atoms with Crippen molar-refractivity contribution in [2.24, 2.45) is 0 Å². The summed E-state index contributed by atoms with van der Waals surface area (Å²) < 4.78 is 11.4. The van der Waals surface area contributed by atoms with Gasteiger partial charge in [0.1, 0.15) is 23.9 Å². The molecule has 0 N–H and O–H groups in total. The Balaban J connectivity index is 1.33. The number of piperidine rings is 1. The molecule has 1 saturated heterocycles. The molecule has 1 aliphatic heterocycles. The SMILES string of the molecule is O=C(/C=C/c1ccc(COc2ccc(Cl)cc2Cl)o1)c1ccc(N2CCCCC2)cc1. The van der Waals surface area contributed by atoms with Crippen LogP contribution in [0.15, 0.2) is 65.1 Å². The largest absolute Gasteiger partial charge is 0.484 e. The van der Waals surface area contributed by atoms with E-state index in [0.717, 1.165) is 13.1 Å². The standard InChI is InChI=1S/C25H23Cl2NO3/c26-19-6-13-25(23(27)16-19)30-17-22-10-9-21(31-22)11-12-24(29)18-4-7-20(8-5-18)28-14-2-1-3-15-28/h4-13,16H,1-3,14-15,17H2/b12-11+. The Hall–Kier alpha value is -2.69. The Morgan fingerprint density at radius 2 is 1.77 bits per heavy atom. The third-order valence-corrected chi connectivity index (χ3v) is 5.75. The number of hydrogen-bond donors (Lipinski definition) is 0. The summed E-state index contributed by atoms with van der Waals surface area (Å²) in [6.07, 6.45) is 6.95. The van der Waals surface area contributed by atoms with Crippen molar-refractivity contribution in [1.29, 1.82) is 0 Å². The maximum absolute atomic E-state index is 12.5. The quantitative estimate of drug-likeness (QED) is 0.282. The lowest BCUT2D eigenvalue weighted by Crippen LogP contribution is -2.29. The number of anilines is 1. The first-order valence-corrected chi connectivity index (χ1v) is 11.1. The normalized spacial score (nSPS) is 14.2. The van der Waals surface area contributed by atoms with Crippen LogP contribution in [0, 0.1) is 0 Å². The van der Waals surface area contributed by atoms with Crippen molar-refractivity contribution < 1.29 is 13.9 Å². The number of halogens is 2. The topological polar surface area (TPSA) is 42.7 Å². The molecule has 31 heavy (non-hydrogen) atoms. The molecule has 0 spiro atoms. The molecule has 160 valence electrons. The molecule has 0 atom stereocenters. The summed E-state index contributed by atoms with van der Waals surface area (Å²) in [5.41, 5.74) is 1.83. The van der Waals surface area contributed by atoms with Gasteiger partial charge in [-0.2, -0.15) is 0 Å². The predicted octanol–water partition coefficient (Wildman–Crippen LogP) is 7.05. The number of nitrogens with zero attached hydrogens (tertiary/aromatic N) is 1. The summed E-state index contributed by atoms with van der Waals surface area (Å²) in [5, 5.41) is 0.990. The summed E-state index contributed by atoms with van der Waals surface area (Å²) in [7, 11) is 0. The van der Waals surface area contributed by atoms with Gasteiger partial charge in [0.15, 0.2) is 5.78 Å². The zero-order chi connectivity index (χ0) is 21.6. The number of rotatable bonds is 7. The van der Waals surface area contributed by atoms with E-state index in [0.29, 0.717) is 32.9 Å². The zero-order valence-corrected chi connectivity index (χ0v) is 18.5. The van der Waals surface area contributed by atoms with Crippen LogP contribution in [0.2, 0.25) is 10.0 Å². The fourth-order valence-electron chi connectivity index (χ4n) is 3.55. The smallest absolute Gasteiger partial charge is 0.185 e. The fourth-order valence-corrected chi connectivity index (χ4v) is 4.01. The zero-order valence-electron chi connectivity index (χ0n) is 17.0. The third kappa shape index (κ3) is 5.72. The van der Waals surface area contributed by atoms with E-state index in [4.69, 9.17) is 32.4 Å². The molecule has 1 fully saturated rings. The van der Waals surface area contributed by atoms with Gasteiger partial charge in [-0.15, -0.1) is 0 Å². The maximum Gasteiger partial charge on any atom is 0.185 e. The molecule has 0 aliphatic carbocycles. The van der Waals surface area contributed by atoms with Gasteiger partial charge in [-0.05, 0) is 86.0 Å². The molecular weight excluding hydrogens is 433 g/mol. The fraction of sp³-hybridized carbons (Fsp3) is 0.240. The lowest BCUT2D eigenvalue weighted by molar-refractivity contribution is 0.104.